The highest BCUT2D eigenvalue weighted by molar-refractivity contribution is 9.13. The van der Waals surface area contributed by atoms with Crippen molar-refractivity contribution in [2.24, 2.45) is 0 Å². The molecule has 3 heteroatoms. The van der Waals surface area contributed by atoms with Crippen LogP contribution in [0.4, 0.5) is 0 Å². The third kappa shape index (κ3) is 1.79. The summed E-state index contributed by atoms with van der Waals surface area (Å²) in [5.41, 5.74) is 0. The second-order valence-electron chi connectivity index (χ2n) is 3.86. The van der Waals surface area contributed by atoms with Crippen LogP contribution in [0.15, 0.2) is 51.4 Å². The standard InChI is InChI=1S/C14H7Br2Cl/c15-13-10-4-2-1-3-9(10)12-7-8(17)5-6-11(12)14(13)16/h1-7H. The Balaban J connectivity index is 2.66. The minimum atomic E-state index is 0.761. The van der Waals surface area contributed by atoms with E-state index < -0.39 is 0 Å². The molecule has 17 heavy (non-hydrogen) atoms. The first-order chi connectivity index (χ1) is 8.18. The quantitative estimate of drug-likeness (QED) is 0.415. The molecule has 0 nitrogen and oxygen atoms in total. The molecule has 0 radical (unpaired) electrons. The van der Waals surface area contributed by atoms with Crippen LogP contribution in [0, 0.1) is 0 Å². The van der Waals surface area contributed by atoms with Crippen molar-refractivity contribution >= 4 is 65.0 Å². The molecule has 0 atom stereocenters. The fraction of sp³-hybridized carbons (Fsp3) is 0. The highest BCUT2D eigenvalue weighted by atomic mass is 79.9. The zero-order valence-electron chi connectivity index (χ0n) is 8.68. The summed E-state index contributed by atoms with van der Waals surface area (Å²) < 4.78 is 2.16. The molecule has 0 fully saturated rings. The van der Waals surface area contributed by atoms with Crippen molar-refractivity contribution in [2.75, 3.05) is 0 Å². The lowest BCUT2D eigenvalue weighted by Gasteiger charge is -2.09. The lowest BCUT2D eigenvalue weighted by atomic mass is 10.0. The molecule has 0 aliphatic heterocycles. The summed E-state index contributed by atoms with van der Waals surface area (Å²) in [6.45, 7) is 0. The highest BCUT2D eigenvalue weighted by Crippen LogP contribution is 2.40. The first kappa shape index (κ1) is 11.5. The lowest BCUT2D eigenvalue weighted by Crippen LogP contribution is -1.82. The van der Waals surface area contributed by atoms with E-state index in [0.29, 0.717) is 0 Å². The fourth-order valence-electron chi connectivity index (χ4n) is 2.08. The molecular formula is C14H7Br2Cl. The topological polar surface area (TPSA) is 0 Å². The largest absolute Gasteiger partial charge is 0.0843 e. The van der Waals surface area contributed by atoms with E-state index in [2.05, 4.69) is 44.0 Å². The van der Waals surface area contributed by atoms with Gasteiger partial charge < -0.3 is 0 Å². The van der Waals surface area contributed by atoms with E-state index in [-0.39, 0.29) is 0 Å². The molecule has 0 N–H and O–H groups in total. The van der Waals surface area contributed by atoms with Crippen LogP contribution in [0.1, 0.15) is 0 Å². The van der Waals surface area contributed by atoms with Gasteiger partial charge in [-0.25, -0.2) is 0 Å². The van der Waals surface area contributed by atoms with Gasteiger partial charge in [0.05, 0.1) is 0 Å². The van der Waals surface area contributed by atoms with Crippen LogP contribution in [0.2, 0.25) is 5.02 Å². The van der Waals surface area contributed by atoms with Gasteiger partial charge in [-0.1, -0.05) is 41.9 Å². The lowest BCUT2D eigenvalue weighted by molar-refractivity contribution is 1.69. The molecule has 0 aliphatic carbocycles. The van der Waals surface area contributed by atoms with Crippen LogP contribution >= 0.6 is 43.5 Å². The predicted molar refractivity (Wildman–Crippen MR) is 81.9 cm³/mol. The molecule has 0 bridgehead atoms. The minimum absolute atomic E-state index is 0.761. The maximum atomic E-state index is 6.08. The van der Waals surface area contributed by atoms with E-state index in [0.717, 1.165) is 14.0 Å². The van der Waals surface area contributed by atoms with Crippen LogP contribution < -0.4 is 0 Å². The zero-order valence-corrected chi connectivity index (χ0v) is 12.6. The van der Waals surface area contributed by atoms with Crippen molar-refractivity contribution in [3.8, 4) is 0 Å². The molecule has 0 aliphatic rings. The monoisotopic (exact) mass is 368 g/mol. The van der Waals surface area contributed by atoms with Crippen LogP contribution in [-0.4, -0.2) is 0 Å². The Morgan fingerprint density at radius 2 is 1.29 bits per heavy atom. The normalized spacial score (nSPS) is 11.2. The van der Waals surface area contributed by atoms with E-state index in [1.807, 2.05) is 30.3 Å². The second kappa shape index (κ2) is 4.27. The number of fused-ring (bicyclic) bond motifs is 3. The van der Waals surface area contributed by atoms with Gasteiger partial charge >= 0.3 is 0 Å². The Labute approximate surface area is 121 Å². The van der Waals surface area contributed by atoms with E-state index in [9.17, 15) is 0 Å². The van der Waals surface area contributed by atoms with Gasteiger partial charge in [0.15, 0.2) is 0 Å². The van der Waals surface area contributed by atoms with Crippen LogP contribution in [0.5, 0.6) is 0 Å². The van der Waals surface area contributed by atoms with Crippen molar-refractivity contribution in [1.29, 1.82) is 0 Å². The zero-order chi connectivity index (χ0) is 12.0. The Morgan fingerprint density at radius 3 is 2.00 bits per heavy atom. The molecule has 0 amide bonds. The van der Waals surface area contributed by atoms with Crippen molar-refractivity contribution < 1.29 is 0 Å². The van der Waals surface area contributed by atoms with Gasteiger partial charge in [-0.15, -0.1) is 0 Å². The number of benzene rings is 3. The molecule has 0 saturated carbocycles. The SMILES string of the molecule is Clc1ccc2c(Br)c(Br)c3ccccc3c2c1. The molecule has 84 valence electrons. The van der Waals surface area contributed by atoms with Gasteiger partial charge in [-0.05, 0) is 65.5 Å². The van der Waals surface area contributed by atoms with Gasteiger partial charge in [0.1, 0.15) is 0 Å². The molecule has 0 spiro atoms. The smallest absolute Gasteiger partial charge is 0.0412 e. The number of hydrogen-bond donors (Lipinski definition) is 0. The van der Waals surface area contributed by atoms with Gasteiger partial charge in [0.25, 0.3) is 0 Å². The van der Waals surface area contributed by atoms with E-state index in [4.69, 9.17) is 11.6 Å². The Bertz CT molecular complexity index is 735. The summed E-state index contributed by atoms with van der Waals surface area (Å²) in [7, 11) is 0. The van der Waals surface area contributed by atoms with Crippen molar-refractivity contribution in [2.45, 2.75) is 0 Å². The summed E-state index contributed by atoms with van der Waals surface area (Å²) >= 11 is 13.4. The third-order valence-electron chi connectivity index (χ3n) is 2.86. The third-order valence-corrected chi connectivity index (χ3v) is 5.28. The fourth-order valence-corrected chi connectivity index (χ4v) is 3.37. The van der Waals surface area contributed by atoms with Crippen molar-refractivity contribution in [3.05, 3.63) is 56.4 Å². The van der Waals surface area contributed by atoms with E-state index >= 15 is 0 Å². The average Bonchev–Trinajstić information content (AvgIpc) is 2.36. The van der Waals surface area contributed by atoms with Gasteiger partial charge in [-0.3, -0.25) is 0 Å². The minimum Gasteiger partial charge on any atom is -0.0843 e. The number of halogens is 3. The molecule has 3 aromatic rings. The van der Waals surface area contributed by atoms with Gasteiger partial charge in [0, 0.05) is 14.0 Å². The predicted octanol–water partition coefficient (Wildman–Crippen LogP) is 6.17. The van der Waals surface area contributed by atoms with Crippen molar-refractivity contribution in [1.82, 2.24) is 0 Å². The Hall–Kier alpha value is -0.570. The van der Waals surface area contributed by atoms with Gasteiger partial charge in [-0.2, -0.15) is 0 Å². The first-order valence-corrected chi connectivity index (χ1v) is 7.10. The molecule has 0 unspecified atom stereocenters. The maximum Gasteiger partial charge on any atom is 0.0412 e. The highest BCUT2D eigenvalue weighted by Gasteiger charge is 2.10. The molecule has 0 heterocycles. The molecule has 3 rings (SSSR count). The maximum absolute atomic E-state index is 6.08. The second-order valence-corrected chi connectivity index (χ2v) is 5.89. The number of rotatable bonds is 0. The molecular weight excluding hydrogens is 363 g/mol. The van der Waals surface area contributed by atoms with Crippen LogP contribution in [0.3, 0.4) is 0 Å². The molecule has 3 aromatic carbocycles. The summed E-state index contributed by atoms with van der Waals surface area (Å²) in [5, 5.41) is 5.49. The Morgan fingerprint density at radius 1 is 0.706 bits per heavy atom. The van der Waals surface area contributed by atoms with Crippen LogP contribution in [-0.2, 0) is 0 Å². The van der Waals surface area contributed by atoms with E-state index in [1.54, 1.807) is 0 Å². The summed E-state index contributed by atoms with van der Waals surface area (Å²) in [4.78, 5) is 0. The van der Waals surface area contributed by atoms with Crippen molar-refractivity contribution in [3.63, 3.8) is 0 Å². The average molecular weight is 370 g/mol. The first-order valence-electron chi connectivity index (χ1n) is 5.13. The Kier molecular flexibility index (Phi) is 2.89. The molecule has 0 saturated heterocycles. The van der Waals surface area contributed by atoms with E-state index in [1.165, 1.54) is 21.5 Å². The van der Waals surface area contributed by atoms with Crippen LogP contribution in [0.25, 0.3) is 21.5 Å². The van der Waals surface area contributed by atoms with Gasteiger partial charge in [0.2, 0.25) is 0 Å². The summed E-state index contributed by atoms with van der Waals surface area (Å²) in [6.07, 6.45) is 0. The molecule has 0 aromatic heterocycles. The summed E-state index contributed by atoms with van der Waals surface area (Å²) in [6, 6.07) is 14.3. The summed E-state index contributed by atoms with van der Waals surface area (Å²) in [5.74, 6) is 0. The number of hydrogen-bond acceptors (Lipinski definition) is 0.